The molecule has 0 heterocycles. The maximum Gasteiger partial charge on any atom is 0.0344 e. The van der Waals surface area contributed by atoms with Crippen LogP contribution in [-0.2, 0) is 5.41 Å². The Morgan fingerprint density at radius 3 is 1.81 bits per heavy atom. The molecule has 0 aliphatic heterocycles. The highest BCUT2D eigenvalue weighted by molar-refractivity contribution is 5.47. The first kappa shape index (κ1) is 13.1. The van der Waals surface area contributed by atoms with Crippen LogP contribution in [0.5, 0.6) is 0 Å². The van der Waals surface area contributed by atoms with Gasteiger partial charge in [0.25, 0.3) is 0 Å². The second-order valence-electron chi connectivity index (χ2n) is 6.19. The van der Waals surface area contributed by atoms with E-state index in [-0.39, 0.29) is 11.0 Å². The van der Waals surface area contributed by atoms with Crippen molar-refractivity contribution in [3.8, 4) is 0 Å². The summed E-state index contributed by atoms with van der Waals surface area (Å²) in [6.07, 6.45) is 1.17. The minimum Gasteiger partial charge on any atom is -0.380 e. The molecule has 1 aromatic rings. The molecule has 0 amide bonds. The quantitative estimate of drug-likeness (QED) is 0.784. The van der Waals surface area contributed by atoms with Gasteiger partial charge < -0.3 is 5.32 Å². The Balaban J connectivity index is 2.84. The molecule has 0 aromatic heterocycles. The Labute approximate surface area is 100 Å². The number of nitrogens with one attached hydrogen (secondary N) is 1. The lowest BCUT2D eigenvalue weighted by molar-refractivity contribution is 0.506. The van der Waals surface area contributed by atoms with Crippen LogP contribution in [0.3, 0.4) is 0 Å². The molecule has 0 unspecified atom stereocenters. The summed E-state index contributed by atoms with van der Waals surface area (Å²) in [6, 6.07) is 8.82. The van der Waals surface area contributed by atoms with Gasteiger partial charge in [0.2, 0.25) is 0 Å². The average molecular weight is 219 g/mol. The van der Waals surface area contributed by atoms with Crippen LogP contribution < -0.4 is 5.32 Å². The molecule has 0 radical (unpaired) electrons. The minimum absolute atomic E-state index is 0.127. The van der Waals surface area contributed by atoms with E-state index in [1.54, 1.807) is 0 Å². The summed E-state index contributed by atoms with van der Waals surface area (Å²) in [7, 11) is 0. The third kappa shape index (κ3) is 3.55. The van der Waals surface area contributed by atoms with Gasteiger partial charge >= 0.3 is 0 Å². The van der Waals surface area contributed by atoms with Crippen LogP contribution in [0.25, 0.3) is 0 Å². The highest BCUT2D eigenvalue weighted by atomic mass is 14.9. The van der Waals surface area contributed by atoms with Crippen LogP contribution in [0.15, 0.2) is 24.3 Å². The molecule has 1 aromatic carbocycles. The molecule has 0 aliphatic rings. The normalized spacial score (nSPS) is 12.6. The molecule has 1 N–H and O–H groups in total. The summed E-state index contributed by atoms with van der Waals surface area (Å²) < 4.78 is 0. The van der Waals surface area contributed by atoms with Gasteiger partial charge in [-0.2, -0.15) is 0 Å². The van der Waals surface area contributed by atoms with Crippen molar-refractivity contribution in [2.45, 2.75) is 58.9 Å². The predicted molar refractivity (Wildman–Crippen MR) is 73.1 cm³/mol. The summed E-state index contributed by atoms with van der Waals surface area (Å²) >= 11 is 0. The van der Waals surface area contributed by atoms with Gasteiger partial charge in [-0.3, -0.25) is 0 Å². The van der Waals surface area contributed by atoms with Gasteiger partial charge in [-0.25, -0.2) is 0 Å². The third-order valence-corrected chi connectivity index (χ3v) is 3.07. The second-order valence-corrected chi connectivity index (χ2v) is 6.19. The molecule has 0 spiro atoms. The Hall–Kier alpha value is -0.980. The van der Waals surface area contributed by atoms with E-state index in [9.17, 15) is 0 Å². The van der Waals surface area contributed by atoms with E-state index in [1.807, 2.05) is 0 Å². The topological polar surface area (TPSA) is 12.0 Å². The Morgan fingerprint density at radius 1 is 0.938 bits per heavy atom. The smallest absolute Gasteiger partial charge is 0.0344 e. The van der Waals surface area contributed by atoms with Crippen LogP contribution in [0.2, 0.25) is 0 Å². The van der Waals surface area contributed by atoms with Gasteiger partial charge in [-0.1, -0.05) is 32.9 Å². The Bertz CT molecular complexity index is 327. The average Bonchev–Trinajstić information content (AvgIpc) is 2.16. The van der Waals surface area contributed by atoms with Gasteiger partial charge in [0.05, 0.1) is 0 Å². The van der Waals surface area contributed by atoms with Crippen LogP contribution in [0.4, 0.5) is 5.69 Å². The number of hydrogen-bond acceptors (Lipinski definition) is 1. The zero-order valence-corrected chi connectivity index (χ0v) is 11.5. The van der Waals surface area contributed by atoms with Crippen molar-refractivity contribution >= 4 is 5.69 Å². The van der Waals surface area contributed by atoms with Crippen molar-refractivity contribution in [1.82, 2.24) is 0 Å². The van der Waals surface area contributed by atoms with E-state index in [0.29, 0.717) is 0 Å². The second kappa shape index (κ2) is 4.48. The predicted octanol–water partition coefficient (Wildman–Crippen LogP) is 4.58. The van der Waals surface area contributed by atoms with Gasteiger partial charge in [0.15, 0.2) is 0 Å². The van der Waals surface area contributed by atoms with E-state index in [1.165, 1.54) is 17.7 Å². The lowest BCUT2D eigenvalue weighted by atomic mass is 9.82. The molecule has 0 atom stereocenters. The van der Waals surface area contributed by atoms with Gasteiger partial charge in [-0.05, 0) is 50.3 Å². The minimum atomic E-state index is 0.127. The maximum atomic E-state index is 3.48. The summed E-state index contributed by atoms with van der Waals surface area (Å²) in [5.41, 5.74) is 3.01. The molecular formula is C15H25N. The summed E-state index contributed by atoms with van der Waals surface area (Å²) in [4.78, 5) is 0. The summed E-state index contributed by atoms with van der Waals surface area (Å²) in [6.45, 7) is 13.4. The van der Waals surface area contributed by atoms with E-state index in [0.717, 1.165) is 0 Å². The van der Waals surface area contributed by atoms with Crippen molar-refractivity contribution in [2.24, 2.45) is 0 Å². The van der Waals surface area contributed by atoms with E-state index >= 15 is 0 Å². The SMILES string of the molecule is CCC(C)(C)c1ccc(NC(C)(C)C)cc1. The molecule has 1 heteroatoms. The third-order valence-electron chi connectivity index (χ3n) is 3.07. The first-order valence-corrected chi connectivity index (χ1v) is 6.13. The monoisotopic (exact) mass is 219 g/mol. The van der Waals surface area contributed by atoms with Crippen LogP contribution in [-0.4, -0.2) is 5.54 Å². The molecule has 0 bridgehead atoms. The largest absolute Gasteiger partial charge is 0.380 e. The molecule has 16 heavy (non-hydrogen) atoms. The molecule has 0 fully saturated rings. The molecule has 90 valence electrons. The maximum absolute atomic E-state index is 3.48. The number of hydrogen-bond donors (Lipinski definition) is 1. The fourth-order valence-corrected chi connectivity index (χ4v) is 1.64. The zero-order valence-electron chi connectivity index (χ0n) is 11.5. The van der Waals surface area contributed by atoms with Crippen molar-refractivity contribution < 1.29 is 0 Å². The van der Waals surface area contributed by atoms with Crippen molar-refractivity contribution in [3.63, 3.8) is 0 Å². The van der Waals surface area contributed by atoms with Crippen molar-refractivity contribution in [1.29, 1.82) is 0 Å². The standard InChI is InChI=1S/C15H25N/c1-7-15(5,6)12-8-10-13(11-9-12)16-14(2,3)4/h8-11,16H,7H2,1-6H3. The summed E-state index contributed by atoms with van der Waals surface area (Å²) in [5, 5.41) is 3.48. The number of benzene rings is 1. The number of rotatable bonds is 3. The first-order chi connectivity index (χ1) is 7.24. The summed E-state index contributed by atoms with van der Waals surface area (Å²) in [5.74, 6) is 0. The van der Waals surface area contributed by atoms with Gasteiger partial charge in [-0.15, -0.1) is 0 Å². The fourth-order valence-electron chi connectivity index (χ4n) is 1.64. The van der Waals surface area contributed by atoms with Crippen LogP contribution in [0.1, 0.15) is 53.5 Å². The van der Waals surface area contributed by atoms with Crippen LogP contribution in [0, 0.1) is 0 Å². The van der Waals surface area contributed by atoms with Crippen molar-refractivity contribution in [2.75, 3.05) is 5.32 Å². The molecule has 1 nitrogen and oxygen atoms in total. The first-order valence-electron chi connectivity index (χ1n) is 6.13. The highest BCUT2D eigenvalue weighted by Crippen LogP contribution is 2.28. The number of anilines is 1. The zero-order chi connectivity index (χ0) is 12.4. The van der Waals surface area contributed by atoms with Gasteiger partial charge in [0.1, 0.15) is 0 Å². The van der Waals surface area contributed by atoms with Gasteiger partial charge in [0, 0.05) is 11.2 Å². The Morgan fingerprint density at radius 2 is 1.44 bits per heavy atom. The lowest BCUT2D eigenvalue weighted by Crippen LogP contribution is -2.26. The van der Waals surface area contributed by atoms with E-state index < -0.39 is 0 Å². The van der Waals surface area contributed by atoms with Crippen molar-refractivity contribution in [3.05, 3.63) is 29.8 Å². The fraction of sp³-hybridized carbons (Fsp3) is 0.600. The van der Waals surface area contributed by atoms with E-state index in [2.05, 4.69) is 71.1 Å². The Kier molecular flexibility index (Phi) is 3.67. The molecule has 0 saturated heterocycles. The van der Waals surface area contributed by atoms with Crippen LogP contribution >= 0.6 is 0 Å². The lowest BCUT2D eigenvalue weighted by Gasteiger charge is -2.25. The van der Waals surface area contributed by atoms with E-state index in [4.69, 9.17) is 0 Å². The highest BCUT2D eigenvalue weighted by Gasteiger charge is 2.17. The molecule has 1 rings (SSSR count). The molecule has 0 saturated carbocycles. The molecule has 0 aliphatic carbocycles. The molecular weight excluding hydrogens is 194 g/mol.